The summed E-state index contributed by atoms with van der Waals surface area (Å²) >= 11 is 0. The number of nitrogen functional groups attached to an aromatic ring is 1. The molecule has 0 aliphatic carbocycles. The third-order valence-corrected chi connectivity index (χ3v) is 4.03. The molecule has 0 saturated heterocycles. The van der Waals surface area contributed by atoms with Crippen molar-refractivity contribution in [2.45, 2.75) is 13.5 Å². The molecule has 0 saturated carbocycles. The van der Waals surface area contributed by atoms with Gasteiger partial charge in [-0.3, -0.25) is 4.68 Å². The van der Waals surface area contributed by atoms with Crippen LogP contribution >= 0.6 is 0 Å². The van der Waals surface area contributed by atoms with Crippen LogP contribution in [-0.4, -0.2) is 29.7 Å². The van der Waals surface area contributed by atoms with Crippen molar-refractivity contribution in [3.63, 3.8) is 0 Å². The molecule has 2 N–H and O–H groups in total. The maximum atomic E-state index is 5.71. The molecule has 0 spiro atoms. The van der Waals surface area contributed by atoms with Gasteiger partial charge in [-0.2, -0.15) is 15.1 Å². The van der Waals surface area contributed by atoms with E-state index < -0.39 is 0 Å². The van der Waals surface area contributed by atoms with Crippen LogP contribution in [0.3, 0.4) is 0 Å². The van der Waals surface area contributed by atoms with E-state index in [1.807, 2.05) is 38.4 Å². The second-order valence-electron chi connectivity index (χ2n) is 5.96. The fourth-order valence-electron chi connectivity index (χ4n) is 2.80. The number of hydrogen-bond donors (Lipinski definition) is 1. The first kappa shape index (κ1) is 15.9. The zero-order chi connectivity index (χ0) is 18.1. The molecule has 3 heterocycles. The highest BCUT2D eigenvalue weighted by Crippen LogP contribution is 2.27. The molecule has 0 aliphatic rings. The molecule has 8 heteroatoms. The Labute approximate surface area is 149 Å². The van der Waals surface area contributed by atoms with E-state index in [0.717, 1.165) is 33.3 Å². The van der Waals surface area contributed by atoms with Crippen LogP contribution in [0.5, 0.6) is 6.01 Å². The number of aryl methyl sites for hydroxylation is 2. The van der Waals surface area contributed by atoms with E-state index in [1.54, 1.807) is 10.9 Å². The van der Waals surface area contributed by atoms with Crippen LogP contribution in [0.25, 0.3) is 22.2 Å². The van der Waals surface area contributed by atoms with Gasteiger partial charge in [0.1, 0.15) is 12.9 Å². The Morgan fingerprint density at radius 2 is 2.08 bits per heavy atom. The van der Waals surface area contributed by atoms with E-state index in [4.69, 9.17) is 15.5 Å². The Hall–Kier alpha value is -3.55. The second-order valence-corrected chi connectivity index (χ2v) is 5.96. The molecule has 0 aliphatic heterocycles. The fraction of sp³-hybridized carbons (Fsp3) is 0.167. The maximum absolute atomic E-state index is 5.71. The van der Waals surface area contributed by atoms with Crippen molar-refractivity contribution in [3.8, 4) is 17.3 Å². The van der Waals surface area contributed by atoms with E-state index in [0.29, 0.717) is 0 Å². The molecule has 0 atom stereocenters. The van der Waals surface area contributed by atoms with Gasteiger partial charge in [-0.15, -0.1) is 0 Å². The molecular formula is C18H17N7O. The number of aromatic nitrogens is 6. The molecule has 4 rings (SSSR count). The van der Waals surface area contributed by atoms with Gasteiger partial charge in [0.05, 0.1) is 17.4 Å². The minimum Gasteiger partial charge on any atom is -0.458 e. The number of ether oxygens (including phenoxy) is 1. The van der Waals surface area contributed by atoms with E-state index in [2.05, 4.69) is 26.1 Å². The normalized spacial score (nSPS) is 11.0. The van der Waals surface area contributed by atoms with E-state index in [9.17, 15) is 0 Å². The molecule has 1 aromatic carbocycles. The summed E-state index contributed by atoms with van der Waals surface area (Å²) in [6, 6.07) is 8.35. The molecule has 0 bridgehead atoms. The summed E-state index contributed by atoms with van der Waals surface area (Å²) in [6.45, 7) is 2.30. The van der Waals surface area contributed by atoms with Crippen molar-refractivity contribution in [2.75, 3.05) is 5.73 Å². The molecule has 130 valence electrons. The van der Waals surface area contributed by atoms with Gasteiger partial charge in [0.2, 0.25) is 5.95 Å². The lowest BCUT2D eigenvalue weighted by Crippen LogP contribution is -2.05. The van der Waals surface area contributed by atoms with Crippen LogP contribution in [0.4, 0.5) is 5.95 Å². The zero-order valence-electron chi connectivity index (χ0n) is 14.4. The Bertz CT molecular complexity index is 1090. The van der Waals surface area contributed by atoms with Crippen molar-refractivity contribution in [1.29, 1.82) is 0 Å². The molecule has 0 fully saturated rings. The monoisotopic (exact) mass is 347 g/mol. The van der Waals surface area contributed by atoms with Crippen LogP contribution in [0, 0.1) is 6.92 Å². The number of benzene rings is 1. The predicted octanol–water partition coefficient (Wildman–Crippen LogP) is 2.29. The lowest BCUT2D eigenvalue weighted by atomic mass is 10.0. The Morgan fingerprint density at radius 3 is 2.85 bits per heavy atom. The van der Waals surface area contributed by atoms with Gasteiger partial charge in [-0.25, -0.2) is 9.97 Å². The molecule has 26 heavy (non-hydrogen) atoms. The summed E-state index contributed by atoms with van der Waals surface area (Å²) < 4.78 is 7.46. The Kier molecular flexibility index (Phi) is 3.92. The molecule has 3 aromatic heterocycles. The summed E-state index contributed by atoms with van der Waals surface area (Å²) in [4.78, 5) is 16.6. The van der Waals surface area contributed by atoms with Crippen LogP contribution in [0.1, 0.15) is 11.1 Å². The highest BCUT2D eigenvalue weighted by atomic mass is 16.5. The number of anilines is 1. The van der Waals surface area contributed by atoms with Gasteiger partial charge in [0.25, 0.3) is 0 Å². The zero-order valence-corrected chi connectivity index (χ0v) is 14.4. The predicted molar refractivity (Wildman–Crippen MR) is 97.3 cm³/mol. The van der Waals surface area contributed by atoms with Gasteiger partial charge >= 0.3 is 6.01 Å². The van der Waals surface area contributed by atoms with Crippen molar-refractivity contribution < 1.29 is 4.74 Å². The second kappa shape index (κ2) is 6.40. The summed E-state index contributed by atoms with van der Waals surface area (Å²) in [7, 11) is 1.87. The molecule has 4 aromatic rings. The highest BCUT2D eigenvalue weighted by Gasteiger charge is 2.13. The SMILES string of the molecule is Cc1cccc2cc(COc3ncnc(N)n3)c(-c3cnn(C)c3)nc12. The maximum Gasteiger partial charge on any atom is 0.321 e. The summed E-state index contributed by atoms with van der Waals surface area (Å²) in [5, 5.41) is 5.30. The molecule has 0 unspecified atom stereocenters. The first-order chi connectivity index (χ1) is 12.6. The number of para-hydroxylation sites is 1. The number of rotatable bonds is 4. The molecule has 0 amide bonds. The van der Waals surface area contributed by atoms with Gasteiger partial charge in [0.15, 0.2) is 0 Å². The third-order valence-electron chi connectivity index (χ3n) is 4.03. The van der Waals surface area contributed by atoms with Crippen LogP contribution < -0.4 is 10.5 Å². The molecule has 8 nitrogen and oxygen atoms in total. The summed E-state index contributed by atoms with van der Waals surface area (Å²) in [5.41, 5.74) is 10.3. The van der Waals surface area contributed by atoms with Crippen molar-refractivity contribution in [3.05, 3.63) is 54.1 Å². The van der Waals surface area contributed by atoms with Gasteiger partial charge < -0.3 is 10.5 Å². The quantitative estimate of drug-likeness (QED) is 0.604. The van der Waals surface area contributed by atoms with Gasteiger partial charge in [-0.1, -0.05) is 18.2 Å². The smallest absolute Gasteiger partial charge is 0.321 e. The number of nitrogens with zero attached hydrogens (tertiary/aromatic N) is 6. The number of hydrogen-bond acceptors (Lipinski definition) is 7. The number of nitrogens with two attached hydrogens (primary N) is 1. The summed E-state index contributed by atoms with van der Waals surface area (Å²) in [5.74, 6) is 0.120. The first-order valence-corrected chi connectivity index (χ1v) is 8.06. The minimum absolute atomic E-state index is 0.120. The average molecular weight is 347 g/mol. The topological polar surface area (TPSA) is 105 Å². The van der Waals surface area contributed by atoms with Crippen molar-refractivity contribution >= 4 is 16.9 Å². The first-order valence-electron chi connectivity index (χ1n) is 8.06. The fourth-order valence-corrected chi connectivity index (χ4v) is 2.80. The van der Waals surface area contributed by atoms with Crippen molar-refractivity contribution in [1.82, 2.24) is 29.7 Å². The van der Waals surface area contributed by atoms with Gasteiger partial charge in [-0.05, 0) is 18.6 Å². The highest BCUT2D eigenvalue weighted by molar-refractivity contribution is 5.85. The standard InChI is InChI=1S/C18H17N7O/c1-11-4-3-5-12-6-13(9-26-18-21-10-20-17(19)24-18)16(23-15(11)12)14-7-22-25(2)8-14/h3-8,10H,9H2,1-2H3,(H2,19,20,21,24). The minimum atomic E-state index is 0.120. The summed E-state index contributed by atoms with van der Waals surface area (Å²) in [6.07, 6.45) is 5.04. The Morgan fingerprint density at radius 1 is 1.19 bits per heavy atom. The van der Waals surface area contributed by atoms with E-state index in [-0.39, 0.29) is 18.6 Å². The van der Waals surface area contributed by atoms with Crippen LogP contribution in [-0.2, 0) is 13.7 Å². The Balaban J connectivity index is 1.78. The average Bonchev–Trinajstić information content (AvgIpc) is 3.06. The molecule has 0 radical (unpaired) electrons. The number of fused-ring (bicyclic) bond motifs is 1. The lowest BCUT2D eigenvalue weighted by molar-refractivity contribution is 0.280. The van der Waals surface area contributed by atoms with Crippen molar-refractivity contribution in [2.24, 2.45) is 7.05 Å². The third kappa shape index (κ3) is 3.04. The van der Waals surface area contributed by atoms with E-state index >= 15 is 0 Å². The largest absolute Gasteiger partial charge is 0.458 e. The molecular weight excluding hydrogens is 330 g/mol. The van der Waals surface area contributed by atoms with Crippen LogP contribution in [0.15, 0.2) is 43.0 Å². The number of pyridine rings is 1. The van der Waals surface area contributed by atoms with Gasteiger partial charge in [0, 0.05) is 29.8 Å². The lowest BCUT2D eigenvalue weighted by Gasteiger charge is -2.11. The van der Waals surface area contributed by atoms with E-state index in [1.165, 1.54) is 6.33 Å². The van der Waals surface area contributed by atoms with Crippen LogP contribution in [0.2, 0.25) is 0 Å².